The van der Waals surface area contributed by atoms with Gasteiger partial charge in [-0.25, -0.2) is 4.39 Å². The Morgan fingerprint density at radius 1 is 1.32 bits per heavy atom. The molecule has 0 aromatic heterocycles. The van der Waals surface area contributed by atoms with Gasteiger partial charge in [-0.1, -0.05) is 64.3 Å². The van der Waals surface area contributed by atoms with Crippen molar-refractivity contribution in [1.82, 2.24) is 5.06 Å². The third-order valence-electron chi connectivity index (χ3n) is 3.92. The van der Waals surface area contributed by atoms with Gasteiger partial charge in [0.25, 0.3) is 0 Å². The summed E-state index contributed by atoms with van der Waals surface area (Å²) >= 11 is 0. The van der Waals surface area contributed by atoms with Gasteiger partial charge in [0, 0.05) is 38.2 Å². The van der Waals surface area contributed by atoms with E-state index in [1.807, 2.05) is 0 Å². The van der Waals surface area contributed by atoms with E-state index >= 15 is 0 Å². The van der Waals surface area contributed by atoms with Crippen LogP contribution in [0.3, 0.4) is 0 Å². The minimum Gasteiger partial charge on any atom is -0.494 e. The first-order chi connectivity index (χ1) is 11.3. The van der Waals surface area contributed by atoms with Gasteiger partial charge in [-0.05, 0) is 30.5 Å². The number of likely N-dealkylation sites (N-methyl/N-ethyl adjacent to an activating group) is 1. The molecule has 1 N–H and O–H groups in total. The molecule has 0 heterocycles. The molecule has 1 aromatic rings. The summed E-state index contributed by atoms with van der Waals surface area (Å²) in [5.74, 6) is 1.07. The normalized spacial score (nSPS) is 13.0. The first-order valence-corrected chi connectivity index (χ1v) is 8.36. The number of aryl methyl sites for hydroxylation is 1. The summed E-state index contributed by atoms with van der Waals surface area (Å²) in [4.78, 5) is 0. The number of methoxy groups -OCH3 is 1. The summed E-state index contributed by atoms with van der Waals surface area (Å²) in [6, 6.07) is 5.07. The SMILES string of the molecule is C=CC(=C)N(C)O.CC1CCCCC1.COc1cccc(C)c1F.[U]. The molecule has 0 saturated heterocycles. The Morgan fingerprint density at radius 3 is 2.16 bits per heavy atom. The molecule has 25 heavy (non-hydrogen) atoms. The largest absolute Gasteiger partial charge is 0.494 e. The molecule has 1 saturated carbocycles. The van der Waals surface area contributed by atoms with Crippen LogP contribution in [0.4, 0.5) is 4.39 Å². The third kappa shape index (κ3) is 12.3. The van der Waals surface area contributed by atoms with Gasteiger partial charge in [0.1, 0.15) is 0 Å². The second kappa shape index (κ2) is 15.5. The molecule has 0 aliphatic heterocycles. The number of hydrogen-bond acceptors (Lipinski definition) is 3. The van der Waals surface area contributed by atoms with Gasteiger partial charge in [0.05, 0.1) is 12.8 Å². The molecule has 0 atom stereocenters. The fraction of sp³-hybridized carbons (Fsp3) is 0.500. The quantitative estimate of drug-likeness (QED) is 0.369. The molecule has 1 aliphatic carbocycles. The topological polar surface area (TPSA) is 32.7 Å². The van der Waals surface area contributed by atoms with Gasteiger partial charge < -0.3 is 4.74 Å². The van der Waals surface area contributed by atoms with Crippen LogP contribution in [0.1, 0.15) is 44.6 Å². The van der Waals surface area contributed by atoms with Gasteiger partial charge in [0.2, 0.25) is 0 Å². The maximum atomic E-state index is 12.9. The smallest absolute Gasteiger partial charge is 0.167 e. The Bertz CT molecular complexity index is 500. The van der Waals surface area contributed by atoms with Gasteiger partial charge in [0.15, 0.2) is 11.6 Å². The molecule has 1 aromatic carbocycles. The predicted molar refractivity (Wildman–Crippen MR) is 98.8 cm³/mol. The number of nitrogens with zero attached hydrogens (tertiary/aromatic N) is 1. The number of allylic oxidation sites excluding steroid dienone is 1. The van der Waals surface area contributed by atoms with Crippen molar-refractivity contribution in [3.05, 3.63) is 54.5 Å². The van der Waals surface area contributed by atoms with Gasteiger partial charge in [-0.15, -0.1) is 0 Å². The fourth-order valence-corrected chi connectivity index (χ4v) is 2.22. The Labute approximate surface area is 176 Å². The molecule has 0 amide bonds. The van der Waals surface area contributed by atoms with Crippen LogP contribution in [-0.4, -0.2) is 24.4 Å². The molecule has 1 aliphatic rings. The van der Waals surface area contributed by atoms with E-state index in [2.05, 4.69) is 20.1 Å². The van der Waals surface area contributed by atoms with Crippen LogP contribution < -0.4 is 4.74 Å². The molecule has 0 radical (unpaired) electrons. The number of hydroxylamine groups is 2. The summed E-state index contributed by atoms with van der Waals surface area (Å²) in [6.45, 7) is 10.9. The van der Waals surface area contributed by atoms with E-state index in [0.717, 1.165) is 11.0 Å². The van der Waals surface area contributed by atoms with E-state index in [-0.39, 0.29) is 36.9 Å². The number of benzene rings is 1. The van der Waals surface area contributed by atoms with Gasteiger partial charge >= 0.3 is 0 Å². The van der Waals surface area contributed by atoms with Crippen molar-refractivity contribution in [1.29, 1.82) is 0 Å². The number of ether oxygens (including phenoxy) is 1. The summed E-state index contributed by atoms with van der Waals surface area (Å²) in [5.41, 5.74) is 1.11. The molecule has 2 rings (SSSR count). The first kappa shape index (κ1) is 26.5. The molecule has 0 unspecified atom stereocenters. The van der Waals surface area contributed by atoms with Gasteiger partial charge in [-0.3, -0.25) is 10.3 Å². The zero-order chi connectivity index (χ0) is 18.5. The second-order valence-corrected chi connectivity index (χ2v) is 6.05. The van der Waals surface area contributed by atoms with E-state index in [4.69, 9.17) is 9.94 Å². The second-order valence-electron chi connectivity index (χ2n) is 6.05. The van der Waals surface area contributed by atoms with Crippen LogP contribution >= 0.6 is 0 Å². The number of hydrogen-bond donors (Lipinski definition) is 1. The molecular weight excluding hydrogens is 543 g/mol. The summed E-state index contributed by atoms with van der Waals surface area (Å²) in [5, 5.41) is 9.39. The maximum Gasteiger partial charge on any atom is 0.167 e. The van der Waals surface area contributed by atoms with E-state index in [1.54, 1.807) is 25.1 Å². The molecule has 0 bridgehead atoms. The Balaban J connectivity index is 0. The standard InChI is InChI=1S/C8H9FO.C7H14.C5H9NO.U/c1-6-4-3-5-7(10-2)8(6)9;1-7-5-3-2-4-6-7;1-4-5(2)6(3)7;/h3-5H,1-2H3;7H,2-6H2,1H3;4,7H,1-2H2,3H3;. The van der Waals surface area contributed by atoms with Crippen LogP contribution in [0.15, 0.2) is 43.1 Å². The van der Waals surface area contributed by atoms with Crippen molar-refractivity contribution in [3.8, 4) is 5.75 Å². The van der Waals surface area contributed by atoms with Crippen molar-refractivity contribution >= 4 is 0 Å². The van der Waals surface area contributed by atoms with Crippen molar-refractivity contribution in [3.63, 3.8) is 0 Å². The average molecular weight is 576 g/mol. The van der Waals surface area contributed by atoms with E-state index in [9.17, 15) is 4.39 Å². The zero-order valence-corrected chi connectivity index (χ0v) is 20.2. The molecule has 3 nitrogen and oxygen atoms in total. The Kier molecular flexibility index (Phi) is 16.4. The van der Waals surface area contributed by atoms with Crippen molar-refractivity contribution in [2.45, 2.75) is 46.0 Å². The molecule has 5 heteroatoms. The van der Waals surface area contributed by atoms with Crippen LogP contribution in [0.5, 0.6) is 5.75 Å². The summed E-state index contributed by atoms with van der Waals surface area (Å²) in [6.07, 6.45) is 8.91. The third-order valence-corrected chi connectivity index (χ3v) is 3.92. The molecule has 1 fully saturated rings. The van der Waals surface area contributed by atoms with Crippen LogP contribution in [0, 0.1) is 49.8 Å². The fourth-order valence-electron chi connectivity index (χ4n) is 2.22. The van der Waals surface area contributed by atoms with Crippen molar-refractivity contribution < 1.29 is 45.4 Å². The summed E-state index contributed by atoms with van der Waals surface area (Å²) in [7, 11) is 2.95. The zero-order valence-electron chi connectivity index (χ0n) is 16.0. The Hall–Kier alpha value is -0.758. The number of rotatable bonds is 3. The maximum absolute atomic E-state index is 12.9. The van der Waals surface area contributed by atoms with E-state index in [0.29, 0.717) is 17.0 Å². The molecular formula is C20H32FNO2U. The monoisotopic (exact) mass is 575 g/mol. The summed E-state index contributed by atoms with van der Waals surface area (Å²) < 4.78 is 17.6. The van der Waals surface area contributed by atoms with Crippen LogP contribution in [0.25, 0.3) is 0 Å². The molecule has 140 valence electrons. The average Bonchev–Trinajstić information content (AvgIpc) is 2.58. The minimum absolute atomic E-state index is 0. The number of halogens is 1. The van der Waals surface area contributed by atoms with Crippen LogP contribution in [0.2, 0.25) is 0 Å². The van der Waals surface area contributed by atoms with Crippen molar-refractivity contribution in [2.24, 2.45) is 5.92 Å². The van der Waals surface area contributed by atoms with E-state index in [1.165, 1.54) is 52.3 Å². The van der Waals surface area contributed by atoms with Crippen molar-refractivity contribution in [2.75, 3.05) is 14.2 Å². The minimum atomic E-state index is -0.273. The predicted octanol–water partition coefficient (Wildman–Crippen LogP) is 5.74. The van der Waals surface area contributed by atoms with E-state index < -0.39 is 0 Å². The Morgan fingerprint density at radius 2 is 1.88 bits per heavy atom. The first-order valence-electron chi connectivity index (χ1n) is 8.36. The van der Waals surface area contributed by atoms with Crippen LogP contribution in [-0.2, 0) is 0 Å². The molecule has 0 spiro atoms. The van der Waals surface area contributed by atoms with Gasteiger partial charge in [-0.2, -0.15) is 0 Å².